The van der Waals surface area contributed by atoms with Gasteiger partial charge in [0.05, 0.1) is 12.6 Å². The van der Waals surface area contributed by atoms with Crippen LogP contribution < -0.4 is 10.5 Å². The lowest BCUT2D eigenvalue weighted by atomic mass is 10.2. The molecule has 1 aromatic rings. The van der Waals surface area contributed by atoms with E-state index in [0.717, 1.165) is 5.75 Å². The summed E-state index contributed by atoms with van der Waals surface area (Å²) in [7, 11) is 1.70. The van der Waals surface area contributed by atoms with Crippen LogP contribution >= 0.6 is 11.8 Å². The average Bonchev–Trinajstić information content (AvgIpc) is 2.45. The molecule has 0 saturated carbocycles. The second-order valence-electron chi connectivity index (χ2n) is 4.45. The Labute approximate surface area is 123 Å². The molecule has 20 heavy (non-hydrogen) atoms. The molecule has 0 radical (unpaired) electrons. The fraction of sp³-hybridized carbons (Fsp3) is 0.500. The summed E-state index contributed by atoms with van der Waals surface area (Å²) in [5, 5.41) is 0. The van der Waals surface area contributed by atoms with Crippen LogP contribution in [-0.2, 0) is 4.79 Å². The van der Waals surface area contributed by atoms with Crippen LogP contribution in [0.3, 0.4) is 0 Å². The van der Waals surface area contributed by atoms with Gasteiger partial charge in [0.2, 0.25) is 5.91 Å². The minimum absolute atomic E-state index is 0.0817. The molecule has 0 spiro atoms. The molecule has 112 valence electrons. The van der Waals surface area contributed by atoms with E-state index in [1.165, 1.54) is 12.1 Å². The van der Waals surface area contributed by atoms with Crippen LogP contribution in [0.1, 0.15) is 6.42 Å². The van der Waals surface area contributed by atoms with Crippen LogP contribution in [0, 0.1) is 5.82 Å². The Bertz CT molecular complexity index is 414. The maximum Gasteiger partial charge on any atom is 0.239 e. The molecule has 0 saturated heterocycles. The third-order valence-corrected chi connectivity index (χ3v) is 3.48. The van der Waals surface area contributed by atoms with Crippen molar-refractivity contribution in [1.29, 1.82) is 0 Å². The first kappa shape index (κ1) is 16.8. The van der Waals surface area contributed by atoms with Crippen molar-refractivity contribution < 1.29 is 13.9 Å². The summed E-state index contributed by atoms with van der Waals surface area (Å²) < 4.78 is 18.1. The van der Waals surface area contributed by atoms with E-state index >= 15 is 0 Å². The van der Waals surface area contributed by atoms with Gasteiger partial charge in [-0.1, -0.05) is 0 Å². The number of nitrogens with zero attached hydrogens (tertiary/aromatic N) is 1. The van der Waals surface area contributed by atoms with Crippen LogP contribution in [-0.4, -0.2) is 49.1 Å². The van der Waals surface area contributed by atoms with Gasteiger partial charge >= 0.3 is 0 Å². The van der Waals surface area contributed by atoms with E-state index < -0.39 is 6.04 Å². The molecule has 0 heterocycles. The summed E-state index contributed by atoms with van der Waals surface area (Å²) in [6, 6.07) is 5.33. The Morgan fingerprint density at radius 1 is 1.45 bits per heavy atom. The van der Waals surface area contributed by atoms with Crippen molar-refractivity contribution in [2.75, 3.05) is 32.2 Å². The molecule has 0 bridgehead atoms. The van der Waals surface area contributed by atoms with Crippen molar-refractivity contribution in [3.05, 3.63) is 30.1 Å². The van der Waals surface area contributed by atoms with E-state index in [1.807, 2.05) is 6.26 Å². The molecule has 2 N–H and O–H groups in total. The molecule has 1 amide bonds. The summed E-state index contributed by atoms with van der Waals surface area (Å²) >= 11 is 1.67. The molecule has 0 unspecified atom stereocenters. The largest absolute Gasteiger partial charge is 0.492 e. The van der Waals surface area contributed by atoms with Gasteiger partial charge in [-0.15, -0.1) is 0 Å². The van der Waals surface area contributed by atoms with E-state index in [1.54, 1.807) is 35.8 Å². The SMILES string of the molecule is CSCC[C@H](N)C(=O)N(C)CCOc1ccc(F)cc1. The Morgan fingerprint density at radius 3 is 2.70 bits per heavy atom. The van der Waals surface area contributed by atoms with Crippen LogP contribution in [0.25, 0.3) is 0 Å². The van der Waals surface area contributed by atoms with Gasteiger partial charge in [0, 0.05) is 7.05 Å². The number of thioether (sulfide) groups is 1. The predicted octanol–water partition coefficient (Wildman–Crippen LogP) is 1.74. The Balaban J connectivity index is 2.30. The lowest BCUT2D eigenvalue weighted by Crippen LogP contribution is -2.43. The number of rotatable bonds is 8. The first-order valence-corrected chi connectivity index (χ1v) is 7.82. The standard InChI is InChI=1S/C14H21FN2O2S/c1-17(14(18)13(16)7-10-20-2)8-9-19-12-5-3-11(15)4-6-12/h3-6,13H,7-10,16H2,1-2H3/t13-/m0/s1. The molecule has 1 rings (SSSR count). The van der Waals surface area contributed by atoms with Crippen molar-refractivity contribution in [2.45, 2.75) is 12.5 Å². The van der Waals surface area contributed by atoms with Crippen molar-refractivity contribution in [2.24, 2.45) is 5.73 Å². The molecular formula is C14H21FN2O2S. The van der Waals surface area contributed by atoms with E-state index in [9.17, 15) is 9.18 Å². The second kappa shape index (κ2) is 8.81. The van der Waals surface area contributed by atoms with Crippen LogP contribution in [0.2, 0.25) is 0 Å². The lowest BCUT2D eigenvalue weighted by molar-refractivity contribution is -0.131. The zero-order valence-electron chi connectivity index (χ0n) is 11.8. The number of likely N-dealkylation sites (N-methyl/N-ethyl adjacent to an activating group) is 1. The minimum atomic E-state index is -0.460. The molecule has 6 heteroatoms. The zero-order valence-corrected chi connectivity index (χ0v) is 12.7. The maximum absolute atomic E-state index is 12.7. The fourth-order valence-corrected chi connectivity index (χ4v) is 2.08. The quantitative estimate of drug-likeness (QED) is 0.794. The van der Waals surface area contributed by atoms with Crippen LogP contribution in [0.15, 0.2) is 24.3 Å². The third kappa shape index (κ3) is 5.79. The molecule has 0 aliphatic rings. The molecule has 0 aliphatic heterocycles. The van der Waals surface area contributed by atoms with Gasteiger partial charge in [-0.3, -0.25) is 4.79 Å². The highest BCUT2D eigenvalue weighted by atomic mass is 32.2. The maximum atomic E-state index is 12.7. The number of amides is 1. The number of hydrogen-bond donors (Lipinski definition) is 1. The van der Waals surface area contributed by atoms with Gasteiger partial charge in [0.25, 0.3) is 0 Å². The second-order valence-corrected chi connectivity index (χ2v) is 5.44. The summed E-state index contributed by atoms with van der Waals surface area (Å²) in [6.45, 7) is 0.798. The van der Waals surface area contributed by atoms with Crippen molar-refractivity contribution in [3.8, 4) is 5.75 Å². The zero-order chi connectivity index (χ0) is 15.0. The van der Waals surface area contributed by atoms with Gasteiger partial charge in [0.15, 0.2) is 0 Å². The average molecular weight is 300 g/mol. The molecule has 0 fully saturated rings. The Morgan fingerprint density at radius 2 is 2.10 bits per heavy atom. The van der Waals surface area contributed by atoms with Crippen molar-refractivity contribution in [1.82, 2.24) is 4.90 Å². The van der Waals surface area contributed by atoms with E-state index in [4.69, 9.17) is 10.5 Å². The number of benzene rings is 1. The van der Waals surface area contributed by atoms with Crippen LogP contribution in [0.4, 0.5) is 4.39 Å². The van der Waals surface area contributed by atoms with Crippen LogP contribution in [0.5, 0.6) is 5.75 Å². The molecule has 1 aromatic carbocycles. The van der Waals surface area contributed by atoms with Crippen molar-refractivity contribution >= 4 is 17.7 Å². The van der Waals surface area contributed by atoms with Gasteiger partial charge in [-0.05, 0) is 42.7 Å². The third-order valence-electron chi connectivity index (χ3n) is 2.84. The first-order valence-electron chi connectivity index (χ1n) is 6.42. The summed E-state index contributed by atoms with van der Waals surface area (Å²) in [5.74, 6) is 1.07. The molecule has 0 aromatic heterocycles. The normalized spacial score (nSPS) is 12.0. The fourth-order valence-electron chi connectivity index (χ4n) is 1.59. The first-order chi connectivity index (χ1) is 9.54. The van der Waals surface area contributed by atoms with E-state index in [2.05, 4.69) is 0 Å². The highest BCUT2D eigenvalue weighted by Crippen LogP contribution is 2.10. The number of ether oxygens (including phenoxy) is 1. The number of carbonyl (C=O) groups excluding carboxylic acids is 1. The lowest BCUT2D eigenvalue weighted by Gasteiger charge is -2.21. The number of nitrogens with two attached hydrogens (primary N) is 1. The number of hydrogen-bond acceptors (Lipinski definition) is 4. The van der Waals surface area contributed by atoms with Gasteiger partial charge < -0.3 is 15.4 Å². The van der Waals surface area contributed by atoms with Gasteiger partial charge in [-0.25, -0.2) is 4.39 Å². The molecule has 4 nitrogen and oxygen atoms in total. The number of halogens is 1. The van der Waals surface area contributed by atoms with E-state index in [-0.39, 0.29) is 11.7 Å². The Kier molecular flexibility index (Phi) is 7.40. The molecular weight excluding hydrogens is 279 g/mol. The summed E-state index contributed by atoms with van der Waals surface area (Å²) in [6.07, 6.45) is 2.65. The summed E-state index contributed by atoms with van der Waals surface area (Å²) in [4.78, 5) is 13.5. The highest BCUT2D eigenvalue weighted by Gasteiger charge is 2.17. The number of carbonyl (C=O) groups is 1. The van der Waals surface area contributed by atoms with Crippen molar-refractivity contribution in [3.63, 3.8) is 0 Å². The smallest absolute Gasteiger partial charge is 0.239 e. The topological polar surface area (TPSA) is 55.6 Å². The Hall–Kier alpha value is -1.27. The monoisotopic (exact) mass is 300 g/mol. The highest BCUT2D eigenvalue weighted by molar-refractivity contribution is 7.98. The molecule has 1 atom stereocenters. The summed E-state index contributed by atoms with van der Waals surface area (Å²) in [5.41, 5.74) is 5.82. The van der Waals surface area contributed by atoms with Gasteiger partial charge in [-0.2, -0.15) is 11.8 Å². The van der Waals surface area contributed by atoms with Gasteiger partial charge in [0.1, 0.15) is 18.2 Å². The van der Waals surface area contributed by atoms with E-state index in [0.29, 0.717) is 25.3 Å². The minimum Gasteiger partial charge on any atom is -0.492 e. The predicted molar refractivity (Wildman–Crippen MR) is 80.5 cm³/mol. The molecule has 0 aliphatic carbocycles.